The van der Waals surface area contributed by atoms with E-state index in [0.717, 1.165) is 77.0 Å². The highest BCUT2D eigenvalue weighted by molar-refractivity contribution is 5.80. The maximum absolute atomic E-state index is 13.4. The molecule has 0 aromatic carbocycles. The van der Waals surface area contributed by atoms with Crippen LogP contribution in [-0.2, 0) is 23.8 Å². The lowest BCUT2D eigenvalue weighted by Gasteiger charge is -2.41. The van der Waals surface area contributed by atoms with Gasteiger partial charge in [-0.25, -0.2) is 0 Å². The number of rotatable bonds is 55. The largest absolute Gasteiger partial charge is 0.454 e. The van der Waals surface area contributed by atoms with Crippen molar-refractivity contribution in [2.24, 2.45) is 0 Å². The zero-order chi connectivity index (χ0) is 56.1. The average Bonchev–Trinajstić information content (AvgIpc) is 3.43. The Kier molecular flexibility index (Phi) is 51.1. The first-order chi connectivity index (χ1) is 37.7. The third-order valence-corrected chi connectivity index (χ3v) is 15.2. The Bertz CT molecular complexity index is 1440. The summed E-state index contributed by atoms with van der Waals surface area (Å²) in [7, 11) is 0. The highest BCUT2D eigenvalue weighted by Crippen LogP contribution is 2.26. The molecule has 8 atom stereocenters. The summed E-state index contributed by atoms with van der Waals surface area (Å²) in [4.78, 5) is 26.5. The number of allylic oxidation sites excluding steroid dienone is 7. The number of ether oxygens (including phenoxy) is 3. The van der Waals surface area contributed by atoms with Crippen molar-refractivity contribution >= 4 is 11.9 Å². The summed E-state index contributed by atoms with van der Waals surface area (Å²) < 4.78 is 17.6. The van der Waals surface area contributed by atoms with Crippen molar-refractivity contribution in [3.8, 4) is 0 Å². The third kappa shape index (κ3) is 42.2. The van der Waals surface area contributed by atoms with Crippen LogP contribution in [0.5, 0.6) is 0 Å². The minimum absolute atomic E-state index is 0.126. The maximum Gasteiger partial charge on any atom is 0.306 e. The van der Waals surface area contributed by atoms with Crippen molar-refractivity contribution in [2.45, 2.75) is 346 Å². The fraction of sp³-hybridized carbons (Fsp3) is 0.848. The van der Waals surface area contributed by atoms with Gasteiger partial charge in [-0.05, 0) is 64.2 Å². The molecule has 1 saturated heterocycles. The highest BCUT2D eigenvalue weighted by Gasteiger charge is 2.47. The molecule has 0 aromatic rings. The summed E-state index contributed by atoms with van der Waals surface area (Å²) in [5, 5.41) is 57.0. The van der Waals surface area contributed by atoms with Crippen LogP contribution in [0.25, 0.3) is 0 Å². The van der Waals surface area contributed by atoms with Crippen molar-refractivity contribution in [3.63, 3.8) is 0 Å². The molecule has 8 unspecified atom stereocenters. The van der Waals surface area contributed by atoms with E-state index in [1.807, 2.05) is 6.08 Å². The number of hydrogen-bond acceptors (Lipinski definition) is 10. The Hall–Kier alpha value is -2.38. The summed E-state index contributed by atoms with van der Waals surface area (Å²) in [6.07, 6.45) is 55.8. The zero-order valence-corrected chi connectivity index (χ0v) is 49.8. The molecule has 6 N–H and O–H groups in total. The van der Waals surface area contributed by atoms with Gasteiger partial charge in [-0.3, -0.25) is 9.59 Å². The molecule has 0 aromatic heterocycles. The number of carbonyl (C=O) groups excluding carboxylic acids is 2. The molecule has 1 aliphatic rings. The topological polar surface area (TPSA) is 175 Å². The van der Waals surface area contributed by atoms with Crippen LogP contribution in [0, 0.1) is 0 Å². The van der Waals surface area contributed by atoms with Crippen LogP contribution in [0.1, 0.15) is 297 Å². The molecule has 450 valence electrons. The van der Waals surface area contributed by atoms with Gasteiger partial charge in [0.2, 0.25) is 5.91 Å². The SMILES string of the molecule is CCCCC/C=C\C/C=C\C/C=C\CCCCCCCCCCCCCC(O)C(=O)NC(COC1OC(CO)C(O)C(O)C1OC(=O)CCCCCCCCCCCCC)C(O)/C=C/CCCCCCCCCCCCC. The zero-order valence-electron chi connectivity index (χ0n) is 49.8. The second-order valence-corrected chi connectivity index (χ2v) is 22.5. The minimum atomic E-state index is -1.61. The Morgan fingerprint density at radius 2 is 0.896 bits per heavy atom. The van der Waals surface area contributed by atoms with Crippen LogP contribution in [0.2, 0.25) is 0 Å². The molecule has 1 heterocycles. The van der Waals surface area contributed by atoms with Gasteiger partial charge in [-0.2, -0.15) is 0 Å². The van der Waals surface area contributed by atoms with E-state index in [-0.39, 0.29) is 19.4 Å². The second kappa shape index (κ2) is 54.2. The molecule has 0 radical (unpaired) electrons. The van der Waals surface area contributed by atoms with Crippen molar-refractivity contribution in [1.82, 2.24) is 5.32 Å². The monoisotopic (exact) mass is 1090 g/mol. The molecule has 1 aliphatic heterocycles. The van der Waals surface area contributed by atoms with Gasteiger partial charge in [0.15, 0.2) is 12.4 Å². The lowest BCUT2D eigenvalue weighted by molar-refractivity contribution is -0.305. The normalized spacial score (nSPS) is 19.3. The van der Waals surface area contributed by atoms with E-state index < -0.39 is 67.4 Å². The number of esters is 1. The predicted octanol–water partition coefficient (Wildman–Crippen LogP) is 15.6. The van der Waals surface area contributed by atoms with Gasteiger partial charge in [0, 0.05) is 6.42 Å². The summed E-state index contributed by atoms with van der Waals surface area (Å²) >= 11 is 0. The van der Waals surface area contributed by atoms with E-state index in [2.05, 4.69) is 62.5 Å². The van der Waals surface area contributed by atoms with Crippen molar-refractivity contribution in [1.29, 1.82) is 0 Å². The molecule has 1 amide bonds. The van der Waals surface area contributed by atoms with Gasteiger partial charge in [0.25, 0.3) is 0 Å². The minimum Gasteiger partial charge on any atom is -0.454 e. The summed E-state index contributed by atoms with van der Waals surface area (Å²) in [5.41, 5.74) is 0. The smallest absolute Gasteiger partial charge is 0.306 e. The van der Waals surface area contributed by atoms with E-state index >= 15 is 0 Å². The van der Waals surface area contributed by atoms with Gasteiger partial charge in [-0.1, -0.05) is 275 Å². The number of amides is 1. The van der Waals surface area contributed by atoms with Crippen LogP contribution >= 0.6 is 0 Å². The second-order valence-electron chi connectivity index (χ2n) is 22.5. The Labute approximate surface area is 472 Å². The first-order valence-electron chi connectivity index (χ1n) is 32.4. The number of unbranched alkanes of at least 4 members (excludes halogenated alkanes) is 35. The molecule has 77 heavy (non-hydrogen) atoms. The van der Waals surface area contributed by atoms with Crippen LogP contribution in [0.3, 0.4) is 0 Å². The molecular weight excluding hydrogens is 967 g/mol. The van der Waals surface area contributed by atoms with Crippen LogP contribution in [0.15, 0.2) is 48.6 Å². The Balaban J connectivity index is 2.61. The third-order valence-electron chi connectivity index (χ3n) is 15.2. The molecule has 11 nitrogen and oxygen atoms in total. The molecule has 1 rings (SSSR count). The van der Waals surface area contributed by atoms with E-state index in [9.17, 15) is 35.1 Å². The molecule has 0 spiro atoms. The molecule has 11 heteroatoms. The van der Waals surface area contributed by atoms with Crippen LogP contribution < -0.4 is 5.32 Å². The van der Waals surface area contributed by atoms with E-state index in [4.69, 9.17) is 14.2 Å². The van der Waals surface area contributed by atoms with Gasteiger partial charge >= 0.3 is 5.97 Å². The maximum atomic E-state index is 13.4. The molecule has 0 bridgehead atoms. The molecule has 0 saturated carbocycles. The van der Waals surface area contributed by atoms with Crippen molar-refractivity contribution in [3.05, 3.63) is 48.6 Å². The Morgan fingerprint density at radius 1 is 0.506 bits per heavy atom. The number of aliphatic hydroxyl groups is 5. The van der Waals surface area contributed by atoms with E-state index in [0.29, 0.717) is 12.8 Å². The number of carbonyl (C=O) groups is 2. The average molecular weight is 1090 g/mol. The molecule has 0 aliphatic carbocycles. The van der Waals surface area contributed by atoms with Crippen LogP contribution in [-0.4, -0.2) is 99.6 Å². The van der Waals surface area contributed by atoms with Gasteiger partial charge < -0.3 is 45.1 Å². The Morgan fingerprint density at radius 3 is 1.36 bits per heavy atom. The van der Waals surface area contributed by atoms with Gasteiger partial charge in [0.05, 0.1) is 25.4 Å². The molecule has 1 fully saturated rings. The number of aliphatic hydroxyl groups excluding tert-OH is 5. The van der Waals surface area contributed by atoms with Crippen molar-refractivity contribution < 1.29 is 49.3 Å². The first-order valence-corrected chi connectivity index (χ1v) is 32.4. The predicted molar refractivity (Wildman–Crippen MR) is 320 cm³/mol. The number of hydrogen-bond donors (Lipinski definition) is 6. The highest BCUT2D eigenvalue weighted by atomic mass is 16.7. The van der Waals surface area contributed by atoms with Crippen molar-refractivity contribution in [2.75, 3.05) is 13.2 Å². The summed E-state index contributed by atoms with van der Waals surface area (Å²) in [6.45, 7) is 5.77. The van der Waals surface area contributed by atoms with Gasteiger partial charge in [0.1, 0.15) is 24.4 Å². The van der Waals surface area contributed by atoms with E-state index in [1.165, 1.54) is 173 Å². The summed E-state index contributed by atoms with van der Waals surface area (Å²) in [6, 6.07) is -1.02. The quantitative estimate of drug-likeness (QED) is 0.0195. The van der Waals surface area contributed by atoms with Crippen LogP contribution in [0.4, 0.5) is 0 Å². The first kappa shape index (κ1) is 72.6. The summed E-state index contributed by atoms with van der Waals surface area (Å²) in [5.74, 6) is -1.19. The molecular formula is C66H121NO10. The lowest BCUT2D eigenvalue weighted by Crippen LogP contribution is -2.61. The fourth-order valence-corrected chi connectivity index (χ4v) is 10.1. The fourth-order valence-electron chi connectivity index (χ4n) is 10.1. The standard InChI is InChI=1S/C66H121NO10/c1-4-7-10-13-16-19-22-24-25-26-27-28-29-30-31-32-33-34-36-39-41-44-47-50-53-59(70)65(74)67-57(58(69)52-49-46-43-40-38-35-23-20-17-14-11-8-5-2)56-75-66-64(63(73)62(72)60(55-68)76-66)77-61(71)54-51-48-45-42-37-21-18-15-12-9-6-3/h16,19,24-25,27-28,49,52,57-60,62-64,66,68-70,72-73H,4-15,17-18,20-23,26,29-48,50-51,53-56H2,1-3H3,(H,67,74)/b19-16-,25-24-,28-27-,52-49+. The number of nitrogens with one attached hydrogen (secondary N) is 1. The van der Waals surface area contributed by atoms with E-state index in [1.54, 1.807) is 6.08 Å². The van der Waals surface area contributed by atoms with Gasteiger partial charge in [-0.15, -0.1) is 0 Å². The lowest BCUT2D eigenvalue weighted by atomic mass is 9.99.